The van der Waals surface area contributed by atoms with Crippen LogP contribution in [0.5, 0.6) is 11.6 Å². The number of hydrogen-bond donors (Lipinski definition) is 1. The second-order valence-electron chi connectivity index (χ2n) is 4.11. The molecule has 0 bridgehead atoms. The molecule has 1 aromatic carbocycles. The van der Waals surface area contributed by atoms with E-state index in [4.69, 9.17) is 4.74 Å². The van der Waals surface area contributed by atoms with Crippen LogP contribution in [0.4, 0.5) is 10.2 Å². The summed E-state index contributed by atoms with van der Waals surface area (Å²) in [5, 5.41) is 3.18. The van der Waals surface area contributed by atoms with Crippen molar-refractivity contribution >= 4 is 5.82 Å². The van der Waals surface area contributed by atoms with Gasteiger partial charge in [0.05, 0.1) is 5.56 Å². The number of ether oxygens (including phenoxy) is 1. The number of nitrogens with zero attached hydrogens (tertiary/aromatic N) is 2. The lowest BCUT2D eigenvalue weighted by Gasteiger charge is -2.11. The highest BCUT2D eigenvalue weighted by Gasteiger charge is 2.10. The fraction of sp³-hybridized carbons (Fsp3) is 0.286. The van der Waals surface area contributed by atoms with E-state index in [1.165, 1.54) is 12.4 Å². The van der Waals surface area contributed by atoms with Gasteiger partial charge >= 0.3 is 0 Å². The molecule has 0 amide bonds. The SMILES string of the molecule is CCCNc1ncnc(Oc2ccccc2F)c1C. The predicted molar refractivity (Wildman–Crippen MR) is 72.0 cm³/mol. The number of anilines is 1. The van der Waals surface area contributed by atoms with Crippen molar-refractivity contribution in [2.24, 2.45) is 0 Å². The Morgan fingerprint density at radius 1 is 1.26 bits per heavy atom. The Morgan fingerprint density at radius 2 is 2.05 bits per heavy atom. The molecule has 2 aromatic rings. The summed E-state index contributed by atoms with van der Waals surface area (Å²) in [6.07, 6.45) is 2.40. The lowest BCUT2D eigenvalue weighted by molar-refractivity contribution is 0.423. The van der Waals surface area contributed by atoms with Gasteiger partial charge in [0.25, 0.3) is 0 Å². The summed E-state index contributed by atoms with van der Waals surface area (Å²) >= 11 is 0. The Morgan fingerprint density at radius 3 is 2.79 bits per heavy atom. The zero-order valence-electron chi connectivity index (χ0n) is 11.0. The first kappa shape index (κ1) is 13.3. The van der Waals surface area contributed by atoms with Crippen LogP contribution in [0.15, 0.2) is 30.6 Å². The first-order valence-electron chi connectivity index (χ1n) is 6.20. The number of nitrogens with one attached hydrogen (secondary N) is 1. The molecule has 19 heavy (non-hydrogen) atoms. The maximum atomic E-state index is 13.5. The van der Waals surface area contributed by atoms with E-state index in [1.807, 2.05) is 6.92 Å². The molecule has 0 aliphatic carbocycles. The molecule has 1 aromatic heterocycles. The summed E-state index contributed by atoms with van der Waals surface area (Å²) in [5.74, 6) is 0.816. The minimum Gasteiger partial charge on any atom is -0.435 e. The molecule has 1 N–H and O–H groups in total. The third-order valence-electron chi connectivity index (χ3n) is 2.62. The van der Waals surface area contributed by atoms with Gasteiger partial charge in [-0.05, 0) is 25.5 Å². The van der Waals surface area contributed by atoms with Gasteiger partial charge in [0.15, 0.2) is 11.6 Å². The zero-order valence-corrected chi connectivity index (χ0v) is 11.0. The van der Waals surface area contributed by atoms with Crippen LogP contribution in [-0.4, -0.2) is 16.5 Å². The number of aromatic nitrogens is 2. The molecule has 5 heteroatoms. The molecule has 0 aliphatic heterocycles. The lowest BCUT2D eigenvalue weighted by atomic mass is 10.3. The Bertz CT molecular complexity index is 560. The summed E-state index contributed by atoms with van der Waals surface area (Å²) < 4.78 is 19.0. The third-order valence-corrected chi connectivity index (χ3v) is 2.62. The molecule has 0 atom stereocenters. The van der Waals surface area contributed by atoms with Gasteiger partial charge in [-0.15, -0.1) is 0 Å². The van der Waals surface area contributed by atoms with Gasteiger partial charge in [-0.25, -0.2) is 14.4 Å². The van der Waals surface area contributed by atoms with E-state index >= 15 is 0 Å². The monoisotopic (exact) mass is 261 g/mol. The molecule has 0 fully saturated rings. The molecular formula is C14H16FN3O. The molecule has 0 saturated heterocycles. The van der Waals surface area contributed by atoms with Crippen molar-refractivity contribution in [3.8, 4) is 11.6 Å². The fourth-order valence-electron chi connectivity index (χ4n) is 1.59. The van der Waals surface area contributed by atoms with E-state index in [0.717, 1.165) is 18.5 Å². The maximum absolute atomic E-state index is 13.5. The molecule has 4 nitrogen and oxygen atoms in total. The minimum absolute atomic E-state index is 0.158. The van der Waals surface area contributed by atoms with Gasteiger partial charge < -0.3 is 10.1 Å². The highest BCUT2D eigenvalue weighted by molar-refractivity contribution is 5.48. The van der Waals surface area contributed by atoms with Crippen molar-refractivity contribution in [1.29, 1.82) is 0 Å². The fourth-order valence-corrected chi connectivity index (χ4v) is 1.59. The highest BCUT2D eigenvalue weighted by Crippen LogP contribution is 2.27. The molecule has 0 radical (unpaired) electrons. The molecule has 0 saturated carbocycles. The summed E-state index contributed by atoms with van der Waals surface area (Å²) in [4.78, 5) is 8.19. The second-order valence-corrected chi connectivity index (χ2v) is 4.11. The Balaban J connectivity index is 2.23. The average molecular weight is 261 g/mol. The van der Waals surface area contributed by atoms with Crippen LogP contribution in [0.1, 0.15) is 18.9 Å². The molecule has 1 heterocycles. The van der Waals surface area contributed by atoms with Crippen LogP contribution in [0.25, 0.3) is 0 Å². The van der Waals surface area contributed by atoms with E-state index in [2.05, 4.69) is 22.2 Å². The van der Waals surface area contributed by atoms with Gasteiger partial charge in [0, 0.05) is 6.54 Å². The van der Waals surface area contributed by atoms with E-state index in [1.54, 1.807) is 18.2 Å². The van der Waals surface area contributed by atoms with Crippen LogP contribution in [0, 0.1) is 12.7 Å². The van der Waals surface area contributed by atoms with Crippen molar-refractivity contribution in [2.75, 3.05) is 11.9 Å². The molecule has 0 unspecified atom stereocenters. The van der Waals surface area contributed by atoms with Gasteiger partial charge in [-0.3, -0.25) is 0 Å². The lowest BCUT2D eigenvalue weighted by Crippen LogP contribution is -2.05. The predicted octanol–water partition coefficient (Wildman–Crippen LogP) is 3.54. The van der Waals surface area contributed by atoms with Gasteiger partial charge in [0.2, 0.25) is 5.88 Å². The summed E-state index contributed by atoms with van der Waals surface area (Å²) in [6, 6.07) is 6.24. The quantitative estimate of drug-likeness (QED) is 0.894. The summed E-state index contributed by atoms with van der Waals surface area (Å²) in [6.45, 7) is 4.73. The maximum Gasteiger partial charge on any atom is 0.227 e. The zero-order chi connectivity index (χ0) is 13.7. The van der Waals surface area contributed by atoms with Gasteiger partial charge in [-0.2, -0.15) is 0 Å². The van der Waals surface area contributed by atoms with Crippen LogP contribution in [0.2, 0.25) is 0 Å². The first-order chi connectivity index (χ1) is 9.22. The number of benzene rings is 1. The third kappa shape index (κ3) is 3.19. The highest BCUT2D eigenvalue weighted by atomic mass is 19.1. The normalized spacial score (nSPS) is 10.3. The van der Waals surface area contributed by atoms with Crippen LogP contribution in [0.3, 0.4) is 0 Å². The Hall–Kier alpha value is -2.17. The molecular weight excluding hydrogens is 245 g/mol. The van der Waals surface area contributed by atoms with Crippen molar-refractivity contribution in [2.45, 2.75) is 20.3 Å². The van der Waals surface area contributed by atoms with Gasteiger partial charge in [0.1, 0.15) is 12.1 Å². The summed E-state index contributed by atoms with van der Waals surface area (Å²) in [7, 11) is 0. The molecule has 0 aliphatic rings. The van der Waals surface area contributed by atoms with Crippen LogP contribution >= 0.6 is 0 Å². The van der Waals surface area contributed by atoms with Gasteiger partial charge in [-0.1, -0.05) is 19.1 Å². The van der Waals surface area contributed by atoms with Crippen molar-refractivity contribution in [3.63, 3.8) is 0 Å². The molecule has 0 spiro atoms. The Kier molecular flexibility index (Phi) is 4.28. The van der Waals surface area contributed by atoms with E-state index in [-0.39, 0.29) is 5.75 Å². The van der Waals surface area contributed by atoms with Crippen molar-refractivity contribution < 1.29 is 9.13 Å². The topological polar surface area (TPSA) is 47.0 Å². The standard InChI is InChI=1S/C14H16FN3O/c1-3-8-16-13-10(2)14(18-9-17-13)19-12-7-5-4-6-11(12)15/h4-7,9H,3,8H2,1-2H3,(H,16,17,18). The Labute approximate surface area is 111 Å². The van der Waals surface area contributed by atoms with Crippen molar-refractivity contribution in [3.05, 3.63) is 42.0 Å². The number of para-hydroxylation sites is 1. The van der Waals surface area contributed by atoms with E-state index in [9.17, 15) is 4.39 Å². The van der Waals surface area contributed by atoms with E-state index in [0.29, 0.717) is 11.7 Å². The van der Waals surface area contributed by atoms with Crippen LogP contribution < -0.4 is 10.1 Å². The smallest absolute Gasteiger partial charge is 0.227 e. The first-order valence-corrected chi connectivity index (χ1v) is 6.20. The number of rotatable bonds is 5. The molecule has 100 valence electrons. The summed E-state index contributed by atoms with van der Waals surface area (Å²) in [5.41, 5.74) is 0.763. The number of hydrogen-bond acceptors (Lipinski definition) is 4. The number of halogens is 1. The largest absolute Gasteiger partial charge is 0.435 e. The molecule has 2 rings (SSSR count). The van der Waals surface area contributed by atoms with E-state index < -0.39 is 5.82 Å². The van der Waals surface area contributed by atoms with Crippen LogP contribution in [-0.2, 0) is 0 Å². The minimum atomic E-state index is -0.413. The second kappa shape index (κ2) is 6.13. The van der Waals surface area contributed by atoms with Crippen molar-refractivity contribution in [1.82, 2.24) is 9.97 Å². The average Bonchev–Trinajstić information content (AvgIpc) is 2.42.